The van der Waals surface area contributed by atoms with Crippen LogP contribution in [0.3, 0.4) is 0 Å². The van der Waals surface area contributed by atoms with Crippen LogP contribution in [0.2, 0.25) is 0 Å². The number of carbonyl (C=O) groups is 5. The van der Waals surface area contributed by atoms with E-state index in [-0.39, 0.29) is 23.8 Å². The number of aromatic nitrogens is 1. The van der Waals surface area contributed by atoms with Gasteiger partial charge in [0.1, 0.15) is 43.0 Å². The number of carbonyl (C=O) groups excluding carboxylic acids is 5. The first kappa shape index (κ1) is 65.6. The van der Waals surface area contributed by atoms with Gasteiger partial charge in [0.25, 0.3) is 5.91 Å². The number of piperidine rings is 2. The third-order valence-corrected chi connectivity index (χ3v) is 17.4. The molecule has 1 aromatic heterocycles. The Labute approximate surface area is 499 Å². The lowest BCUT2D eigenvalue weighted by Gasteiger charge is -2.42. The molecule has 16 nitrogen and oxygen atoms in total. The van der Waals surface area contributed by atoms with Crippen molar-refractivity contribution >= 4 is 42.8 Å². The van der Waals surface area contributed by atoms with Crippen LogP contribution in [0.25, 0.3) is 0 Å². The van der Waals surface area contributed by atoms with E-state index in [1.807, 2.05) is 50.7 Å². The standard InChI is InChI=1S/C32H41N3O.C20H26N4O3.C13H18N2O2.C2H6.CH2O/c1-3-15-32(16-19-33-2)17-20-35(21-18-32)30-14-10-26(23-34-30)31-28(24-7-5-4-6-8-24)12-9-25-22-27(36)11-13-29(25)31;1-13(21-2)17(4-3-7-25)24-11-14-8-18-19(9-16(14)20(24)26)27-12-15-10-22-5-6-23(15)18;1-9(2)10(3)7-15(8-16)12-6-5-11(4)14-13(12)17;2*1-2/h4-8,10-11,13-14,22-23,28,31,33,36H,3,9,12,15-21H2,1-2H3;7-9,15,17,21-22H,1,3-6,10-12H2,2H3;8,12H,1,3-7H2,2H3,(H,14,17);1-2H3;1H2. The summed E-state index contributed by atoms with van der Waals surface area (Å²) in [5.74, 6) is 2.72. The number of nitrogens with zero attached hydrogens (tertiary/aromatic N) is 5. The number of piperazine rings is 1. The van der Waals surface area contributed by atoms with Crippen LogP contribution < -0.4 is 35.8 Å². The third-order valence-electron chi connectivity index (χ3n) is 17.4. The summed E-state index contributed by atoms with van der Waals surface area (Å²) in [6.07, 6.45) is 14.4. The first-order chi connectivity index (χ1) is 40.7. The second-order valence-electron chi connectivity index (χ2n) is 22.6. The molecule has 10 rings (SSSR count). The van der Waals surface area contributed by atoms with E-state index in [1.165, 1.54) is 59.3 Å². The minimum Gasteiger partial charge on any atom is -0.508 e. The highest BCUT2D eigenvalue weighted by molar-refractivity contribution is 6.00. The average Bonchev–Trinajstić information content (AvgIpc) is 3.54. The molecular weight excluding hydrogens is 1050 g/mol. The van der Waals surface area contributed by atoms with Crippen LogP contribution in [0.15, 0.2) is 128 Å². The maximum absolute atomic E-state index is 13.1. The third kappa shape index (κ3) is 16.0. The molecule has 6 aliphatic rings. The fourth-order valence-electron chi connectivity index (χ4n) is 12.7. The van der Waals surface area contributed by atoms with E-state index in [4.69, 9.17) is 14.5 Å². The number of pyridine rings is 1. The molecule has 452 valence electrons. The number of ether oxygens (including phenoxy) is 1. The number of anilines is 2. The number of amides is 3. The zero-order valence-electron chi connectivity index (χ0n) is 50.9. The number of allylic oxidation sites excluding steroid dienone is 1. The second kappa shape index (κ2) is 31.9. The van der Waals surface area contributed by atoms with Gasteiger partial charge in [0.2, 0.25) is 12.3 Å². The Morgan fingerprint density at radius 1 is 0.940 bits per heavy atom. The maximum Gasteiger partial charge on any atom is 0.255 e. The molecule has 0 saturated carbocycles. The van der Waals surface area contributed by atoms with Crippen LogP contribution in [0.4, 0.5) is 11.5 Å². The smallest absolute Gasteiger partial charge is 0.255 e. The number of likely N-dealkylation sites (N-methyl/N-ethyl adjacent to an activating group) is 1. The lowest BCUT2D eigenvalue weighted by Crippen LogP contribution is -2.55. The summed E-state index contributed by atoms with van der Waals surface area (Å²) in [6, 6.07) is 25.1. The minimum absolute atomic E-state index is 0.0221. The highest BCUT2D eigenvalue weighted by atomic mass is 16.5. The number of rotatable bonds is 19. The summed E-state index contributed by atoms with van der Waals surface area (Å²) in [5.41, 5.74) is 11.6. The number of phenols is 1. The van der Waals surface area contributed by atoms with Gasteiger partial charge in [-0.25, -0.2) is 4.98 Å². The summed E-state index contributed by atoms with van der Waals surface area (Å²) in [6.45, 7) is 33.1. The summed E-state index contributed by atoms with van der Waals surface area (Å²) < 4.78 is 5.97. The van der Waals surface area contributed by atoms with E-state index < -0.39 is 6.04 Å². The molecule has 5 aliphatic heterocycles. The second-order valence-corrected chi connectivity index (χ2v) is 22.6. The van der Waals surface area contributed by atoms with Gasteiger partial charge in [-0.05, 0) is 153 Å². The molecule has 3 fully saturated rings. The van der Waals surface area contributed by atoms with Gasteiger partial charge in [0, 0.05) is 88.4 Å². The summed E-state index contributed by atoms with van der Waals surface area (Å²) in [5, 5.41) is 22.6. The van der Waals surface area contributed by atoms with Crippen molar-refractivity contribution < 1.29 is 33.8 Å². The van der Waals surface area contributed by atoms with E-state index in [1.54, 1.807) is 7.05 Å². The zero-order chi connectivity index (χ0) is 60.9. The summed E-state index contributed by atoms with van der Waals surface area (Å²) in [7, 11) is 3.86. The summed E-state index contributed by atoms with van der Waals surface area (Å²) in [4.78, 5) is 67.9. The Bertz CT molecular complexity index is 2890. The van der Waals surface area contributed by atoms with E-state index in [0.717, 1.165) is 98.1 Å². The molecule has 1 aliphatic carbocycles. The number of hydrogen-bond donors (Lipinski definition) is 5. The van der Waals surface area contributed by atoms with Crippen LogP contribution in [-0.4, -0.2) is 136 Å². The SMILES string of the molecule is C=C(NC)C(CCC=O)N1Cc2cc3c(cc2C1=O)OCC1CNCCN31.C=C1CCC(N(C=O)CC(=C)C(=C)C)C(=O)N1.C=O.CC.CCCC1(CCNC)CCN(c2ccc(C3c4ccc(O)cc4CCC3c3ccccc3)cn2)CC1. The normalized spacial score (nSPS) is 20.1. The highest BCUT2D eigenvalue weighted by Crippen LogP contribution is 2.48. The van der Waals surface area contributed by atoms with Crippen molar-refractivity contribution in [2.24, 2.45) is 5.41 Å². The van der Waals surface area contributed by atoms with Crippen molar-refractivity contribution in [2.75, 3.05) is 76.3 Å². The van der Waals surface area contributed by atoms with Crippen LogP contribution in [0.5, 0.6) is 11.5 Å². The first-order valence-electron chi connectivity index (χ1n) is 30.1. The fourth-order valence-corrected chi connectivity index (χ4v) is 12.7. The zero-order valence-corrected chi connectivity index (χ0v) is 50.9. The minimum atomic E-state index is -0.436. The number of phenolic OH excluding ortho intramolecular Hbond substituents is 1. The highest BCUT2D eigenvalue weighted by Gasteiger charge is 2.39. The molecule has 0 bridgehead atoms. The van der Waals surface area contributed by atoms with Crippen molar-refractivity contribution in [3.05, 3.63) is 161 Å². The van der Waals surface area contributed by atoms with Gasteiger partial charge in [0.05, 0.1) is 17.8 Å². The molecule has 84 heavy (non-hydrogen) atoms. The van der Waals surface area contributed by atoms with Gasteiger partial charge in [0.15, 0.2) is 0 Å². The Balaban J connectivity index is 0.000000208. The molecule has 3 saturated heterocycles. The number of aryl methyl sites for hydroxylation is 1. The molecule has 5 unspecified atom stereocenters. The van der Waals surface area contributed by atoms with Gasteiger partial charge < -0.3 is 60.3 Å². The van der Waals surface area contributed by atoms with E-state index in [0.29, 0.717) is 86.2 Å². The van der Waals surface area contributed by atoms with Crippen molar-refractivity contribution in [3.63, 3.8) is 0 Å². The summed E-state index contributed by atoms with van der Waals surface area (Å²) >= 11 is 0. The molecule has 3 amide bonds. The number of benzene rings is 3. The van der Waals surface area contributed by atoms with Crippen LogP contribution in [-0.2, 0) is 32.1 Å². The monoisotopic (exact) mass is 1150 g/mol. The number of hydrogen-bond acceptors (Lipinski definition) is 13. The Hall–Kier alpha value is -7.56. The number of fused-ring (bicyclic) bond motifs is 5. The molecule has 5 atom stereocenters. The lowest BCUT2D eigenvalue weighted by atomic mass is 9.69. The Kier molecular flexibility index (Phi) is 24.9. The number of aldehydes is 1. The molecule has 0 radical (unpaired) electrons. The van der Waals surface area contributed by atoms with Crippen molar-refractivity contribution in [2.45, 2.75) is 135 Å². The van der Waals surface area contributed by atoms with Crippen molar-refractivity contribution in [3.8, 4) is 11.5 Å². The van der Waals surface area contributed by atoms with Gasteiger partial charge in [-0.3, -0.25) is 14.4 Å². The van der Waals surface area contributed by atoms with Gasteiger partial charge in [-0.1, -0.05) is 102 Å². The first-order valence-corrected chi connectivity index (χ1v) is 30.1. The quantitative estimate of drug-likeness (QED) is 0.0441. The lowest BCUT2D eigenvalue weighted by molar-refractivity contribution is -0.133. The van der Waals surface area contributed by atoms with E-state index in [9.17, 15) is 24.3 Å². The van der Waals surface area contributed by atoms with Crippen LogP contribution in [0.1, 0.15) is 142 Å². The molecule has 4 aromatic rings. The molecular formula is C68H93N9O7. The van der Waals surface area contributed by atoms with Crippen LogP contribution >= 0.6 is 0 Å². The topological polar surface area (TPSA) is 189 Å². The van der Waals surface area contributed by atoms with Gasteiger partial charge in [-0.2, -0.15) is 0 Å². The van der Waals surface area contributed by atoms with E-state index in [2.05, 4.69) is 132 Å². The van der Waals surface area contributed by atoms with Crippen LogP contribution in [0, 0.1) is 5.41 Å². The molecule has 6 heterocycles. The van der Waals surface area contributed by atoms with E-state index >= 15 is 0 Å². The predicted molar refractivity (Wildman–Crippen MR) is 338 cm³/mol. The van der Waals surface area contributed by atoms with Gasteiger partial charge >= 0.3 is 0 Å². The molecule has 16 heteroatoms. The maximum atomic E-state index is 13.1. The van der Waals surface area contributed by atoms with Crippen molar-refractivity contribution in [1.82, 2.24) is 36.1 Å². The van der Waals surface area contributed by atoms with Gasteiger partial charge in [-0.15, -0.1) is 0 Å². The Morgan fingerprint density at radius 3 is 2.33 bits per heavy atom. The molecule has 5 N–H and O–H groups in total. The molecule has 0 spiro atoms. The average molecular weight is 1150 g/mol. The number of aromatic hydroxyl groups is 1. The fraction of sp³-hybridized carbons (Fsp3) is 0.471. The number of nitrogens with one attached hydrogen (secondary N) is 4. The molecule has 3 aromatic carbocycles. The predicted octanol–water partition coefficient (Wildman–Crippen LogP) is 9.75. The largest absolute Gasteiger partial charge is 0.508 e. The Morgan fingerprint density at radius 2 is 1.69 bits per heavy atom. The van der Waals surface area contributed by atoms with Crippen molar-refractivity contribution in [1.29, 1.82) is 0 Å².